The molecule has 0 bridgehead atoms. The van der Waals surface area contributed by atoms with Gasteiger partial charge in [0.25, 0.3) is 0 Å². The van der Waals surface area contributed by atoms with Crippen LogP contribution in [0.15, 0.2) is 0 Å². The van der Waals surface area contributed by atoms with Gasteiger partial charge in [0.1, 0.15) is 0 Å². The fraction of sp³-hybridized carbons (Fsp3) is 0.909. The number of hydrogen-bond acceptors (Lipinski definition) is 1. The fourth-order valence-electron chi connectivity index (χ4n) is 1.77. The second-order valence-electron chi connectivity index (χ2n) is 5.28. The summed E-state index contributed by atoms with van der Waals surface area (Å²) < 4.78 is 195. The third-order valence-corrected chi connectivity index (χ3v) is 3.24. The first-order chi connectivity index (χ1) is 11.5. The summed E-state index contributed by atoms with van der Waals surface area (Å²) in [7, 11) is 0. The summed E-state index contributed by atoms with van der Waals surface area (Å²) in [5, 5.41) is 8.40. The van der Waals surface area contributed by atoms with Crippen molar-refractivity contribution < 1.29 is 71.0 Å². The molecule has 16 heteroatoms. The summed E-state index contributed by atoms with van der Waals surface area (Å²) in [4.78, 5) is 0. The van der Waals surface area contributed by atoms with Crippen molar-refractivity contribution >= 4 is 0 Å². The van der Waals surface area contributed by atoms with Gasteiger partial charge in [0.2, 0.25) is 0 Å². The van der Waals surface area contributed by atoms with Crippen LogP contribution in [0.25, 0.3) is 0 Å². The lowest BCUT2D eigenvalue weighted by molar-refractivity contribution is -0.443. The lowest BCUT2D eigenvalue weighted by Gasteiger charge is -2.44. The van der Waals surface area contributed by atoms with Crippen molar-refractivity contribution in [3.8, 4) is 0 Å². The number of aliphatic hydroxyl groups is 1. The highest BCUT2D eigenvalue weighted by molar-refractivity contribution is 5.18. The minimum Gasteiger partial charge on any atom is -0.393 e. The molecule has 2 unspecified atom stereocenters. The van der Waals surface area contributed by atoms with Crippen LogP contribution in [0.4, 0.5) is 65.9 Å². The molecule has 0 amide bonds. The summed E-state index contributed by atoms with van der Waals surface area (Å²) in [6.45, 7) is -1.81. The maximum Gasteiger partial charge on any atom is 0.435 e. The first kappa shape index (κ1) is 25.9. The molecular weight excluding hydrogens is 433 g/mol. The fourth-order valence-corrected chi connectivity index (χ4v) is 1.77. The van der Waals surface area contributed by atoms with Crippen LogP contribution in [-0.2, 0) is 0 Å². The summed E-state index contributed by atoms with van der Waals surface area (Å²) in [5.74, 6) is -37.6. The summed E-state index contributed by atoms with van der Waals surface area (Å²) in [6.07, 6.45) is -13.5. The van der Waals surface area contributed by atoms with Gasteiger partial charge in [-0.25, -0.2) is 8.78 Å². The van der Waals surface area contributed by atoms with E-state index in [1.807, 2.05) is 0 Å². The van der Waals surface area contributed by atoms with E-state index in [4.69, 9.17) is 5.11 Å². The first-order valence-electron chi connectivity index (χ1n) is 6.19. The molecule has 0 aromatic carbocycles. The Hall–Kier alpha value is -1.09. The molecule has 0 aliphatic carbocycles. The highest BCUT2D eigenvalue weighted by Crippen LogP contribution is 2.63. The molecule has 2 atom stereocenters. The van der Waals surface area contributed by atoms with Gasteiger partial charge in [0.05, 0.1) is 6.10 Å². The lowest BCUT2D eigenvalue weighted by atomic mass is 9.81. The SMILES string of the molecule is [CH2]C(O)CC(F)(F)C(F)(F)C(F)(F)C(F)(F)C(F)(C(F)(F)F)C(F)(F)CF. The van der Waals surface area contributed by atoms with E-state index in [2.05, 4.69) is 6.92 Å². The van der Waals surface area contributed by atoms with E-state index in [9.17, 15) is 65.9 Å². The van der Waals surface area contributed by atoms with Crippen LogP contribution in [0.2, 0.25) is 0 Å². The molecule has 0 aliphatic rings. The average Bonchev–Trinajstić information content (AvgIpc) is 2.42. The van der Waals surface area contributed by atoms with Crippen LogP contribution >= 0.6 is 0 Å². The molecule has 0 heterocycles. The third-order valence-electron chi connectivity index (χ3n) is 3.24. The Morgan fingerprint density at radius 1 is 0.630 bits per heavy atom. The van der Waals surface area contributed by atoms with E-state index in [-0.39, 0.29) is 0 Å². The molecule has 1 N–H and O–H groups in total. The molecule has 0 spiro atoms. The van der Waals surface area contributed by atoms with Crippen LogP contribution in [0.1, 0.15) is 6.42 Å². The van der Waals surface area contributed by atoms with Gasteiger partial charge in [-0.2, -0.15) is 57.1 Å². The van der Waals surface area contributed by atoms with E-state index in [1.54, 1.807) is 0 Å². The Bertz CT molecular complexity index is 522. The Labute approximate surface area is 140 Å². The molecule has 0 fully saturated rings. The van der Waals surface area contributed by atoms with Gasteiger partial charge in [-0.05, 0) is 6.92 Å². The first-order valence-corrected chi connectivity index (χ1v) is 6.19. The highest BCUT2D eigenvalue weighted by Gasteiger charge is 2.94. The Morgan fingerprint density at radius 3 is 1.26 bits per heavy atom. The van der Waals surface area contributed by atoms with Crippen LogP contribution in [-0.4, -0.2) is 59.3 Å². The Kier molecular flexibility index (Phi) is 6.48. The van der Waals surface area contributed by atoms with Gasteiger partial charge >= 0.3 is 41.5 Å². The van der Waals surface area contributed by atoms with Crippen molar-refractivity contribution in [2.24, 2.45) is 0 Å². The standard InChI is InChI=1S/C11H8F15O/c1-4(27)2-5(13,14)8(18,19)10(22,23)9(20,21)7(17,11(24,25)26)6(15,16)3-12/h4,27H,1-3H2. The number of aliphatic hydroxyl groups excluding tert-OH is 1. The van der Waals surface area contributed by atoms with Gasteiger partial charge < -0.3 is 5.11 Å². The normalized spacial score (nSPS) is 19.0. The van der Waals surface area contributed by atoms with E-state index < -0.39 is 60.7 Å². The third kappa shape index (κ3) is 3.52. The molecule has 163 valence electrons. The summed E-state index contributed by atoms with van der Waals surface area (Å²) in [5.41, 5.74) is -8.01. The number of rotatable bonds is 8. The molecule has 0 aliphatic heterocycles. The quantitative estimate of drug-likeness (QED) is 0.527. The minimum absolute atomic E-state index is 2.21. The van der Waals surface area contributed by atoms with Crippen LogP contribution in [0, 0.1) is 6.92 Å². The van der Waals surface area contributed by atoms with Crippen molar-refractivity contribution in [1.82, 2.24) is 0 Å². The van der Waals surface area contributed by atoms with Crippen LogP contribution in [0.3, 0.4) is 0 Å². The van der Waals surface area contributed by atoms with Gasteiger partial charge in [0.15, 0.2) is 6.67 Å². The lowest BCUT2D eigenvalue weighted by Crippen LogP contribution is -2.76. The van der Waals surface area contributed by atoms with Gasteiger partial charge in [0, 0.05) is 6.42 Å². The molecule has 0 aromatic rings. The molecule has 1 nitrogen and oxygen atoms in total. The van der Waals surface area contributed by atoms with Crippen LogP contribution < -0.4 is 0 Å². The van der Waals surface area contributed by atoms with Gasteiger partial charge in [-0.15, -0.1) is 0 Å². The summed E-state index contributed by atoms with van der Waals surface area (Å²) in [6, 6.07) is 0. The van der Waals surface area contributed by atoms with Gasteiger partial charge in [-0.3, -0.25) is 0 Å². The molecule has 0 aromatic heterocycles. The zero-order valence-corrected chi connectivity index (χ0v) is 12.3. The maximum absolute atomic E-state index is 13.5. The molecule has 27 heavy (non-hydrogen) atoms. The van der Waals surface area contributed by atoms with Crippen molar-refractivity contribution in [1.29, 1.82) is 0 Å². The second-order valence-corrected chi connectivity index (χ2v) is 5.28. The molecule has 0 saturated heterocycles. The number of halogens is 15. The minimum atomic E-state index is -8.30. The highest BCUT2D eigenvalue weighted by atomic mass is 19.4. The monoisotopic (exact) mass is 441 g/mol. The van der Waals surface area contributed by atoms with Crippen molar-refractivity contribution in [3.63, 3.8) is 0 Å². The zero-order chi connectivity index (χ0) is 22.5. The van der Waals surface area contributed by atoms with Crippen LogP contribution in [0.5, 0.6) is 0 Å². The summed E-state index contributed by atoms with van der Waals surface area (Å²) >= 11 is 0. The Morgan fingerprint density at radius 2 is 1.00 bits per heavy atom. The average molecular weight is 441 g/mol. The number of alkyl halides is 15. The van der Waals surface area contributed by atoms with Crippen molar-refractivity contribution in [3.05, 3.63) is 6.92 Å². The molecule has 0 rings (SSSR count). The van der Waals surface area contributed by atoms with Crippen molar-refractivity contribution in [2.45, 2.75) is 54.0 Å². The van der Waals surface area contributed by atoms with E-state index in [0.29, 0.717) is 0 Å². The Balaban J connectivity index is 6.75. The predicted octanol–water partition coefficient (Wildman–Crippen LogP) is 4.99. The maximum atomic E-state index is 13.5. The van der Waals surface area contributed by atoms with E-state index in [1.165, 1.54) is 0 Å². The number of hydrogen-bond donors (Lipinski definition) is 1. The largest absolute Gasteiger partial charge is 0.435 e. The molecule has 1 radical (unpaired) electrons. The zero-order valence-electron chi connectivity index (χ0n) is 12.3. The topological polar surface area (TPSA) is 20.2 Å². The molecule has 0 saturated carbocycles. The smallest absolute Gasteiger partial charge is 0.393 e. The second kappa shape index (κ2) is 6.76. The van der Waals surface area contributed by atoms with Gasteiger partial charge in [-0.1, -0.05) is 0 Å². The predicted molar refractivity (Wildman–Crippen MR) is 56.6 cm³/mol. The van der Waals surface area contributed by atoms with E-state index >= 15 is 0 Å². The van der Waals surface area contributed by atoms with E-state index in [0.717, 1.165) is 0 Å². The van der Waals surface area contributed by atoms with Crippen molar-refractivity contribution in [2.75, 3.05) is 6.67 Å². The molecular formula is C11H8F15O.